The van der Waals surface area contributed by atoms with Crippen LogP contribution in [0.1, 0.15) is 39.1 Å². The minimum atomic E-state index is -4.57. The van der Waals surface area contributed by atoms with Crippen LogP contribution in [-0.2, 0) is 6.18 Å². The van der Waals surface area contributed by atoms with Crippen molar-refractivity contribution in [2.24, 2.45) is 0 Å². The van der Waals surface area contributed by atoms with Gasteiger partial charge in [0.25, 0.3) is 0 Å². The molecule has 3 rings (SSSR count). The number of hydrogen-bond donors (Lipinski definition) is 1. The number of Topliss-reactive ketones (excluding diaryl/α,β-unsaturated/α-hetero) is 2. The van der Waals surface area contributed by atoms with E-state index >= 15 is 0 Å². The third-order valence-electron chi connectivity index (χ3n) is 4.34. The Morgan fingerprint density at radius 3 is 2.48 bits per heavy atom. The van der Waals surface area contributed by atoms with Gasteiger partial charge in [-0.2, -0.15) is 13.2 Å². The molecule has 154 valence electrons. The normalized spacial score (nSPS) is 13.1. The molecule has 0 bridgehead atoms. The third-order valence-corrected chi connectivity index (χ3v) is 4.34. The highest BCUT2D eigenvalue weighted by molar-refractivity contribution is 6.05. The summed E-state index contributed by atoms with van der Waals surface area (Å²) in [6, 6.07) is 5.21. The molecule has 9 heteroatoms. The molecule has 0 aromatic heterocycles. The number of benzene rings is 2. The Morgan fingerprint density at radius 2 is 1.79 bits per heavy atom. The Morgan fingerprint density at radius 1 is 1.10 bits per heavy atom. The first-order valence-corrected chi connectivity index (χ1v) is 8.65. The molecule has 0 atom stereocenters. The Kier molecular flexibility index (Phi) is 5.67. The molecule has 0 spiro atoms. The quantitative estimate of drug-likeness (QED) is 0.724. The number of methoxy groups -OCH3 is 1. The summed E-state index contributed by atoms with van der Waals surface area (Å²) < 4.78 is 54.4. The smallest absolute Gasteiger partial charge is 0.416 e. The van der Waals surface area contributed by atoms with Crippen molar-refractivity contribution < 1.29 is 42.1 Å². The van der Waals surface area contributed by atoms with Gasteiger partial charge in [0.15, 0.2) is 23.1 Å². The molecule has 2 aromatic rings. The number of carbonyl (C=O) groups excluding carboxylic acids is 2. The Balaban J connectivity index is 1.79. The molecule has 29 heavy (non-hydrogen) atoms. The van der Waals surface area contributed by atoms with Gasteiger partial charge in [-0.05, 0) is 12.1 Å². The molecular formula is C20H17F3O6. The van der Waals surface area contributed by atoms with Crippen molar-refractivity contribution >= 4 is 11.6 Å². The lowest BCUT2D eigenvalue weighted by Gasteiger charge is -2.22. The summed E-state index contributed by atoms with van der Waals surface area (Å²) in [5.41, 5.74) is -1.26. The zero-order valence-electron chi connectivity index (χ0n) is 15.3. The summed E-state index contributed by atoms with van der Waals surface area (Å²) in [6.07, 6.45) is -5.24. The van der Waals surface area contributed by atoms with Gasteiger partial charge in [0.2, 0.25) is 5.75 Å². The van der Waals surface area contributed by atoms with Crippen molar-refractivity contribution in [1.82, 2.24) is 0 Å². The van der Waals surface area contributed by atoms with E-state index in [9.17, 15) is 27.9 Å². The molecular weight excluding hydrogens is 393 g/mol. The maximum atomic E-state index is 12.8. The van der Waals surface area contributed by atoms with E-state index in [4.69, 9.17) is 14.2 Å². The number of halogens is 3. The molecule has 2 aromatic carbocycles. The second-order valence-corrected chi connectivity index (χ2v) is 6.25. The van der Waals surface area contributed by atoms with Gasteiger partial charge in [-0.3, -0.25) is 9.59 Å². The third kappa shape index (κ3) is 4.28. The van der Waals surface area contributed by atoms with Crippen LogP contribution >= 0.6 is 0 Å². The largest absolute Gasteiger partial charge is 0.507 e. The van der Waals surface area contributed by atoms with E-state index in [0.717, 1.165) is 18.2 Å². The van der Waals surface area contributed by atoms with Gasteiger partial charge in [-0.15, -0.1) is 0 Å². The lowest BCUT2D eigenvalue weighted by molar-refractivity contribution is -0.137. The molecule has 1 N–H and O–H groups in total. The lowest BCUT2D eigenvalue weighted by atomic mass is 9.98. The first-order chi connectivity index (χ1) is 13.7. The summed E-state index contributed by atoms with van der Waals surface area (Å²) in [5.74, 6) is -1.26. The molecule has 0 aliphatic carbocycles. The van der Waals surface area contributed by atoms with Crippen LogP contribution in [0.5, 0.6) is 23.0 Å². The summed E-state index contributed by atoms with van der Waals surface area (Å²) in [6.45, 7) is 0.504. The highest BCUT2D eigenvalue weighted by Crippen LogP contribution is 2.46. The van der Waals surface area contributed by atoms with E-state index in [0.29, 0.717) is 0 Å². The minimum Gasteiger partial charge on any atom is -0.507 e. The van der Waals surface area contributed by atoms with Crippen molar-refractivity contribution in [3.05, 3.63) is 47.0 Å². The molecule has 0 saturated heterocycles. The molecule has 0 unspecified atom stereocenters. The molecule has 0 radical (unpaired) electrons. The molecule has 0 saturated carbocycles. The van der Waals surface area contributed by atoms with Crippen LogP contribution < -0.4 is 14.2 Å². The highest BCUT2D eigenvalue weighted by Gasteiger charge is 2.31. The number of aromatic hydroxyl groups is 1. The fraction of sp³-hybridized carbons (Fsp3) is 0.300. The van der Waals surface area contributed by atoms with Crippen LogP contribution in [0.3, 0.4) is 0 Å². The number of ether oxygens (including phenoxy) is 3. The Labute approximate surface area is 163 Å². The maximum Gasteiger partial charge on any atom is 0.416 e. The van der Waals surface area contributed by atoms with Crippen LogP contribution in [0.4, 0.5) is 13.2 Å². The average Bonchev–Trinajstić information content (AvgIpc) is 2.70. The minimum absolute atomic E-state index is 0.0174. The first-order valence-electron chi connectivity index (χ1n) is 8.65. The number of carbonyl (C=O) groups is 2. The monoisotopic (exact) mass is 410 g/mol. The number of rotatable bonds is 6. The van der Waals surface area contributed by atoms with Gasteiger partial charge >= 0.3 is 6.18 Å². The van der Waals surface area contributed by atoms with Crippen molar-refractivity contribution in [2.75, 3.05) is 20.3 Å². The Bertz CT molecular complexity index is 952. The number of fused-ring (bicyclic) bond motifs is 1. The van der Waals surface area contributed by atoms with Crippen LogP contribution in [0.2, 0.25) is 0 Å². The van der Waals surface area contributed by atoms with E-state index in [2.05, 4.69) is 0 Å². The Hall–Kier alpha value is -3.23. The predicted octanol–water partition coefficient (Wildman–Crippen LogP) is 4.04. The van der Waals surface area contributed by atoms with Gasteiger partial charge < -0.3 is 19.3 Å². The van der Waals surface area contributed by atoms with Gasteiger partial charge in [-0.1, -0.05) is 12.1 Å². The number of hydrogen-bond acceptors (Lipinski definition) is 6. The molecule has 1 heterocycles. The number of phenolic OH excluding ortho intramolecular Hbond substituents is 1. The van der Waals surface area contributed by atoms with Crippen LogP contribution in [0.15, 0.2) is 30.3 Å². The lowest BCUT2D eigenvalue weighted by Crippen LogP contribution is -2.17. The van der Waals surface area contributed by atoms with Gasteiger partial charge in [0.05, 0.1) is 12.7 Å². The SMILES string of the molecule is COc1c2c(cc(O)c1C(=O)CCC(=O)c1cccc(C(F)(F)F)c1)OCCO2. The molecule has 1 aliphatic rings. The van der Waals surface area contributed by atoms with Crippen LogP contribution in [-0.4, -0.2) is 37.0 Å². The van der Waals surface area contributed by atoms with Gasteiger partial charge in [0.1, 0.15) is 24.5 Å². The van der Waals surface area contributed by atoms with E-state index in [1.165, 1.54) is 19.2 Å². The van der Waals surface area contributed by atoms with E-state index < -0.39 is 29.1 Å². The summed E-state index contributed by atoms with van der Waals surface area (Å²) >= 11 is 0. The number of ketones is 2. The van der Waals surface area contributed by atoms with E-state index in [1.54, 1.807) is 0 Å². The maximum absolute atomic E-state index is 12.8. The fourth-order valence-corrected chi connectivity index (χ4v) is 2.97. The average molecular weight is 410 g/mol. The van der Waals surface area contributed by atoms with Crippen LogP contribution in [0, 0.1) is 0 Å². The van der Waals surface area contributed by atoms with Crippen molar-refractivity contribution in [3.8, 4) is 23.0 Å². The molecule has 0 amide bonds. The zero-order chi connectivity index (χ0) is 21.2. The fourth-order valence-electron chi connectivity index (χ4n) is 2.97. The van der Waals surface area contributed by atoms with Crippen LogP contribution in [0.25, 0.3) is 0 Å². The first kappa shape index (κ1) is 20.5. The zero-order valence-corrected chi connectivity index (χ0v) is 15.3. The second kappa shape index (κ2) is 8.02. The van der Waals surface area contributed by atoms with Crippen molar-refractivity contribution in [3.63, 3.8) is 0 Å². The van der Waals surface area contributed by atoms with Gasteiger partial charge in [-0.25, -0.2) is 0 Å². The highest BCUT2D eigenvalue weighted by atomic mass is 19.4. The number of alkyl halides is 3. The molecule has 6 nitrogen and oxygen atoms in total. The predicted molar refractivity (Wildman–Crippen MR) is 95.0 cm³/mol. The van der Waals surface area contributed by atoms with E-state index in [-0.39, 0.29) is 54.4 Å². The standard InChI is InChI=1S/C20H17F3O6/c1-27-19-17(15(26)10-16-18(19)29-8-7-28-16)14(25)6-5-13(24)11-3-2-4-12(9-11)20(21,22)23/h2-4,9-10,26H,5-8H2,1H3. The summed E-state index contributed by atoms with van der Waals surface area (Å²) in [5, 5.41) is 10.2. The van der Waals surface area contributed by atoms with Crippen molar-refractivity contribution in [1.29, 1.82) is 0 Å². The van der Waals surface area contributed by atoms with Gasteiger partial charge in [0, 0.05) is 24.5 Å². The topological polar surface area (TPSA) is 82.1 Å². The molecule has 1 aliphatic heterocycles. The second-order valence-electron chi connectivity index (χ2n) is 6.25. The summed E-state index contributed by atoms with van der Waals surface area (Å²) in [7, 11) is 1.29. The summed E-state index contributed by atoms with van der Waals surface area (Å²) in [4.78, 5) is 24.9. The van der Waals surface area contributed by atoms with Crippen molar-refractivity contribution in [2.45, 2.75) is 19.0 Å². The number of phenols is 1. The van der Waals surface area contributed by atoms with E-state index in [1.807, 2.05) is 0 Å². The molecule has 0 fully saturated rings.